The van der Waals surface area contributed by atoms with Gasteiger partial charge in [0.2, 0.25) is 0 Å². The number of carbonyl (C=O) groups excluding carboxylic acids is 1. The Hall–Kier alpha value is -1.52. The number of benzene rings is 1. The number of rotatable bonds is 3. The Bertz CT molecular complexity index is 497. The number of amides is 1. The molecule has 0 aromatic heterocycles. The number of aliphatic hydroxyl groups is 1. The first-order valence-corrected chi connectivity index (χ1v) is 6.03. The van der Waals surface area contributed by atoms with Gasteiger partial charge in [-0.15, -0.1) is 0 Å². The lowest BCUT2D eigenvalue weighted by atomic mass is 10.1. The van der Waals surface area contributed by atoms with Gasteiger partial charge in [0.25, 0.3) is 5.91 Å². The van der Waals surface area contributed by atoms with Crippen LogP contribution in [-0.4, -0.2) is 30.3 Å². The van der Waals surface area contributed by atoms with E-state index in [0.717, 1.165) is 5.56 Å². The molecule has 96 valence electrons. The molecule has 18 heavy (non-hydrogen) atoms. The number of halogens is 1. The molecule has 1 amide bonds. The van der Waals surface area contributed by atoms with Crippen molar-refractivity contribution in [3.05, 3.63) is 34.4 Å². The van der Waals surface area contributed by atoms with Crippen LogP contribution in [0, 0.1) is 0 Å². The standard InChI is InChI=1S/C13H14ClNO3/c1-8(16)6-15-13(17)10-4-9-5-11(14)2-3-12(9)18-7-10/h2-5,8,16H,6-7H2,1H3,(H,15,17). The summed E-state index contributed by atoms with van der Waals surface area (Å²) in [5, 5.41) is 12.3. The Labute approximate surface area is 110 Å². The van der Waals surface area contributed by atoms with Gasteiger partial charge < -0.3 is 15.2 Å². The molecular formula is C13H14ClNO3. The van der Waals surface area contributed by atoms with Gasteiger partial charge in [-0.25, -0.2) is 0 Å². The third kappa shape index (κ3) is 3.03. The van der Waals surface area contributed by atoms with Crippen LogP contribution in [0.1, 0.15) is 12.5 Å². The molecule has 1 aromatic carbocycles. The average Bonchev–Trinajstić information content (AvgIpc) is 2.34. The second kappa shape index (κ2) is 5.42. The molecule has 2 N–H and O–H groups in total. The zero-order chi connectivity index (χ0) is 13.1. The molecule has 5 heteroatoms. The van der Waals surface area contributed by atoms with Gasteiger partial charge in [0.15, 0.2) is 0 Å². The van der Waals surface area contributed by atoms with Gasteiger partial charge in [-0.1, -0.05) is 11.6 Å². The van der Waals surface area contributed by atoms with Gasteiger partial charge in [-0.3, -0.25) is 4.79 Å². The molecule has 0 bridgehead atoms. The molecule has 0 radical (unpaired) electrons. The Kier molecular flexibility index (Phi) is 3.89. The number of hydrogen-bond donors (Lipinski definition) is 2. The van der Waals surface area contributed by atoms with Gasteiger partial charge in [0, 0.05) is 17.1 Å². The van der Waals surface area contributed by atoms with Crippen LogP contribution in [0.15, 0.2) is 23.8 Å². The molecule has 0 fully saturated rings. The van der Waals surface area contributed by atoms with E-state index in [2.05, 4.69) is 5.32 Å². The van der Waals surface area contributed by atoms with Crippen molar-refractivity contribution in [3.8, 4) is 5.75 Å². The predicted molar refractivity (Wildman–Crippen MR) is 69.6 cm³/mol. The minimum absolute atomic E-state index is 0.221. The summed E-state index contributed by atoms with van der Waals surface area (Å²) in [6, 6.07) is 5.27. The van der Waals surface area contributed by atoms with Crippen LogP contribution >= 0.6 is 11.6 Å². The van der Waals surface area contributed by atoms with Crippen molar-refractivity contribution in [2.24, 2.45) is 0 Å². The summed E-state index contributed by atoms with van der Waals surface area (Å²) in [6.45, 7) is 2.06. The van der Waals surface area contributed by atoms with Crippen LogP contribution in [-0.2, 0) is 4.79 Å². The summed E-state index contributed by atoms with van der Waals surface area (Å²) in [7, 11) is 0. The van der Waals surface area contributed by atoms with E-state index in [1.54, 1.807) is 31.2 Å². The van der Waals surface area contributed by atoms with Crippen molar-refractivity contribution < 1.29 is 14.6 Å². The summed E-state index contributed by atoms with van der Waals surface area (Å²) in [4.78, 5) is 11.8. The fraction of sp³-hybridized carbons (Fsp3) is 0.308. The van der Waals surface area contributed by atoms with E-state index in [4.69, 9.17) is 21.4 Å². The summed E-state index contributed by atoms with van der Waals surface area (Å²) in [6.07, 6.45) is 1.18. The first-order chi connectivity index (χ1) is 8.56. The van der Waals surface area contributed by atoms with Gasteiger partial charge >= 0.3 is 0 Å². The fourth-order valence-electron chi connectivity index (χ4n) is 1.63. The third-order valence-corrected chi connectivity index (χ3v) is 2.77. The van der Waals surface area contributed by atoms with Crippen LogP contribution in [0.2, 0.25) is 5.02 Å². The smallest absolute Gasteiger partial charge is 0.250 e. The molecule has 1 aliphatic rings. The lowest BCUT2D eigenvalue weighted by Gasteiger charge is -2.18. The first-order valence-electron chi connectivity index (χ1n) is 5.65. The number of aliphatic hydroxyl groups excluding tert-OH is 1. The number of hydrogen-bond acceptors (Lipinski definition) is 3. The summed E-state index contributed by atoms with van der Waals surface area (Å²) in [5.74, 6) is 0.480. The molecule has 2 rings (SSSR count). The molecule has 1 aliphatic heterocycles. The predicted octanol–water partition coefficient (Wildman–Crippen LogP) is 1.61. The highest BCUT2D eigenvalue weighted by Crippen LogP contribution is 2.28. The van der Waals surface area contributed by atoms with E-state index in [1.807, 2.05) is 0 Å². The summed E-state index contributed by atoms with van der Waals surface area (Å²) in [5.41, 5.74) is 1.31. The topological polar surface area (TPSA) is 58.6 Å². The Morgan fingerprint density at radius 2 is 2.39 bits per heavy atom. The van der Waals surface area contributed by atoms with Crippen LogP contribution in [0.5, 0.6) is 5.75 Å². The highest BCUT2D eigenvalue weighted by atomic mass is 35.5. The van der Waals surface area contributed by atoms with Crippen molar-refractivity contribution in [3.63, 3.8) is 0 Å². The van der Waals surface area contributed by atoms with E-state index in [0.29, 0.717) is 16.3 Å². The largest absolute Gasteiger partial charge is 0.488 e. The molecule has 1 unspecified atom stereocenters. The Morgan fingerprint density at radius 3 is 3.11 bits per heavy atom. The van der Waals surface area contributed by atoms with Crippen LogP contribution < -0.4 is 10.1 Å². The van der Waals surface area contributed by atoms with Crippen LogP contribution in [0.25, 0.3) is 6.08 Å². The highest BCUT2D eigenvalue weighted by molar-refractivity contribution is 6.30. The number of ether oxygens (including phenoxy) is 1. The van der Waals surface area contributed by atoms with E-state index in [-0.39, 0.29) is 19.1 Å². The first kappa shape index (κ1) is 12.9. The minimum Gasteiger partial charge on any atom is -0.488 e. The summed E-state index contributed by atoms with van der Waals surface area (Å²) < 4.78 is 5.47. The lowest BCUT2D eigenvalue weighted by molar-refractivity contribution is -0.118. The van der Waals surface area contributed by atoms with Crippen molar-refractivity contribution in [2.75, 3.05) is 13.2 Å². The zero-order valence-electron chi connectivity index (χ0n) is 9.94. The number of fused-ring (bicyclic) bond motifs is 1. The summed E-state index contributed by atoms with van der Waals surface area (Å²) >= 11 is 5.89. The van der Waals surface area contributed by atoms with E-state index in [1.165, 1.54) is 0 Å². The quantitative estimate of drug-likeness (QED) is 0.875. The molecule has 1 aromatic rings. The molecule has 0 saturated carbocycles. The van der Waals surface area contributed by atoms with Gasteiger partial charge in [-0.2, -0.15) is 0 Å². The molecule has 4 nitrogen and oxygen atoms in total. The van der Waals surface area contributed by atoms with E-state index >= 15 is 0 Å². The third-order valence-electron chi connectivity index (χ3n) is 2.53. The lowest BCUT2D eigenvalue weighted by Crippen LogP contribution is -2.33. The van der Waals surface area contributed by atoms with Crippen LogP contribution in [0.4, 0.5) is 0 Å². The number of nitrogens with one attached hydrogen (secondary N) is 1. The van der Waals surface area contributed by atoms with Gasteiger partial charge in [0.05, 0.1) is 11.7 Å². The minimum atomic E-state index is -0.569. The van der Waals surface area contributed by atoms with Crippen molar-refractivity contribution in [2.45, 2.75) is 13.0 Å². The van der Waals surface area contributed by atoms with E-state index < -0.39 is 6.10 Å². The Morgan fingerprint density at radius 1 is 1.61 bits per heavy atom. The van der Waals surface area contributed by atoms with Gasteiger partial charge in [0.1, 0.15) is 12.4 Å². The molecule has 0 saturated heterocycles. The Balaban J connectivity index is 2.14. The van der Waals surface area contributed by atoms with Crippen molar-refractivity contribution >= 4 is 23.6 Å². The maximum atomic E-state index is 11.8. The van der Waals surface area contributed by atoms with Crippen molar-refractivity contribution in [1.29, 1.82) is 0 Å². The molecular weight excluding hydrogens is 254 g/mol. The molecule has 0 spiro atoms. The zero-order valence-corrected chi connectivity index (χ0v) is 10.7. The van der Waals surface area contributed by atoms with Crippen molar-refractivity contribution in [1.82, 2.24) is 5.32 Å². The number of carbonyl (C=O) groups is 1. The second-order valence-corrected chi connectivity index (χ2v) is 4.64. The van der Waals surface area contributed by atoms with E-state index in [9.17, 15) is 4.79 Å². The monoisotopic (exact) mass is 267 g/mol. The second-order valence-electron chi connectivity index (χ2n) is 4.20. The average molecular weight is 268 g/mol. The molecule has 1 atom stereocenters. The van der Waals surface area contributed by atoms with Gasteiger partial charge in [-0.05, 0) is 31.2 Å². The maximum absolute atomic E-state index is 11.8. The SMILES string of the molecule is CC(O)CNC(=O)C1=Cc2cc(Cl)ccc2OC1. The normalized spacial score (nSPS) is 15.2. The van der Waals surface area contributed by atoms with Crippen LogP contribution in [0.3, 0.4) is 0 Å². The fourth-order valence-corrected chi connectivity index (χ4v) is 1.81. The molecule has 1 heterocycles. The highest BCUT2D eigenvalue weighted by Gasteiger charge is 2.17. The maximum Gasteiger partial charge on any atom is 0.250 e. The molecule has 0 aliphatic carbocycles.